The Morgan fingerprint density at radius 2 is 1.58 bits per heavy atom. The minimum Gasteiger partial charge on any atom is -0.206 e. The minimum absolute atomic E-state index is 0.0887. The van der Waals surface area contributed by atoms with Gasteiger partial charge in [0.1, 0.15) is 5.82 Å². The molecule has 4 rings (SSSR count). The molecule has 0 spiro atoms. The van der Waals surface area contributed by atoms with Crippen LogP contribution in [0.2, 0.25) is 0 Å². The zero-order valence-electron chi connectivity index (χ0n) is 18.9. The summed E-state index contributed by atoms with van der Waals surface area (Å²) in [4.78, 5) is 0. The zero-order chi connectivity index (χ0) is 21.6. The fraction of sp³-hybridized carbons (Fsp3) is 0.400. The van der Waals surface area contributed by atoms with Crippen molar-refractivity contribution in [3.05, 3.63) is 84.2 Å². The normalized spacial score (nSPS) is 18.9. The topological polar surface area (TPSA) is 0 Å². The molecule has 0 heterocycles. The second kappa shape index (κ2) is 10.3. The molecule has 0 amide bonds. The van der Waals surface area contributed by atoms with Crippen molar-refractivity contribution in [2.24, 2.45) is 11.8 Å². The third kappa shape index (κ3) is 5.26. The van der Waals surface area contributed by atoms with Gasteiger partial charge in [0.2, 0.25) is 0 Å². The lowest BCUT2D eigenvalue weighted by Crippen LogP contribution is -2.14. The maximum Gasteiger partial charge on any atom is 0.134 e. The number of aryl methyl sites for hydroxylation is 2. The van der Waals surface area contributed by atoms with E-state index in [9.17, 15) is 4.39 Å². The predicted octanol–water partition coefficient (Wildman–Crippen LogP) is 8.91. The number of benzene rings is 3. The van der Waals surface area contributed by atoms with Gasteiger partial charge in [0, 0.05) is 5.39 Å². The molecular weight excluding hydrogens is 379 g/mol. The van der Waals surface area contributed by atoms with Crippen LogP contribution < -0.4 is 0 Å². The molecule has 162 valence electrons. The number of rotatable bonds is 8. The van der Waals surface area contributed by atoms with Crippen molar-refractivity contribution in [3.8, 4) is 11.1 Å². The van der Waals surface area contributed by atoms with Crippen LogP contribution in [-0.2, 0) is 12.8 Å². The van der Waals surface area contributed by atoms with Crippen LogP contribution in [0.1, 0.15) is 63.0 Å². The molecule has 1 aliphatic rings. The molecule has 1 aliphatic carbocycles. The first-order chi connectivity index (χ1) is 15.2. The van der Waals surface area contributed by atoms with Gasteiger partial charge in [-0.1, -0.05) is 93.6 Å². The minimum atomic E-state index is -0.0887. The van der Waals surface area contributed by atoms with E-state index in [1.165, 1.54) is 56.1 Å². The quantitative estimate of drug-likeness (QED) is 0.323. The average molecular weight is 415 g/mol. The summed E-state index contributed by atoms with van der Waals surface area (Å²) >= 11 is 0. The summed E-state index contributed by atoms with van der Waals surface area (Å²) in [6.45, 7) is 6.07. The van der Waals surface area contributed by atoms with E-state index in [1.54, 1.807) is 0 Å². The highest BCUT2D eigenvalue weighted by Gasteiger charge is 2.19. The van der Waals surface area contributed by atoms with Crippen LogP contribution in [0.5, 0.6) is 0 Å². The first kappa shape index (κ1) is 21.8. The second-order valence-electron chi connectivity index (χ2n) is 9.33. The number of hydrogen-bond acceptors (Lipinski definition) is 0. The third-order valence-corrected chi connectivity index (χ3v) is 7.32. The van der Waals surface area contributed by atoms with E-state index in [4.69, 9.17) is 0 Å². The number of allylic oxidation sites excluding steroid dienone is 1. The largest absolute Gasteiger partial charge is 0.206 e. The summed E-state index contributed by atoms with van der Waals surface area (Å²) in [6, 6.07) is 19.0. The van der Waals surface area contributed by atoms with Crippen molar-refractivity contribution >= 4 is 10.8 Å². The Morgan fingerprint density at radius 1 is 0.871 bits per heavy atom. The molecule has 0 aliphatic heterocycles. The summed E-state index contributed by atoms with van der Waals surface area (Å²) in [5.74, 6) is 1.80. The van der Waals surface area contributed by atoms with Crippen LogP contribution in [-0.4, -0.2) is 0 Å². The first-order valence-corrected chi connectivity index (χ1v) is 12.1. The molecule has 1 saturated carbocycles. The SMILES string of the molecule is C=CCCc1ccc2cc(-c3ccc(CCC4CCC(CC)CC4)cc3)ccc2c1F. The fourth-order valence-electron chi connectivity index (χ4n) is 5.13. The van der Waals surface area contributed by atoms with E-state index in [-0.39, 0.29) is 5.82 Å². The molecule has 3 aromatic carbocycles. The van der Waals surface area contributed by atoms with Crippen molar-refractivity contribution in [1.29, 1.82) is 0 Å². The fourth-order valence-corrected chi connectivity index (χ4v) is 5.13. The number of halogens is 1. The van der Waals surface area contributed by atoms with Crippen LogP contribution in [0.3, 0.4) is 0 Å². The summed E-state index contributed by atoms with van der Waals surface area (Å²) in [6.07, 6.45) is 12.9. The predicted molar refractivity (Wildman–Crippen MR) is 132 cm³/mol. The Hall–Kier alpha value is -2.41. The third-order valence-electron chi connectivity index (χ3n) is 7.32. The van der Waals surface area contributed by atoms with E-state index in [0.717, 1.165) is 34.8 Å². The molecule has 0 nitrogen and oxygen atoms in total. The molecule has 31 heavy (non-hydrogen) atoms. The van der Waals surface area contributed by atoms with Gasteiger partial charge in [0.25, 0.3) is 0 Å². The van der Waals surface area contributed by atoms with Crippen LogP contribution >= 0.6 is 0 Å². The van der Waals surface area contributed by atoms with Crippen LogP contribution in [0.15, 0.2) is 67.3 Å². The summed E-state index contributed by atoms with van der Waals surface area (Å²) in [7, 11) is 0. The van der Waals surface area contributed by atoms with Crippen LogP contribution in [0.4, 0.5) is 4.39 Å². The van der Waals surface area contributed by atoms with E-state index in [0.29, 0.717) is 11.8 Å². The van der Waals surface area contributed by atoms with Gasteiger partial charge >= 0.3 is 0 Å². The molecule has 0 N–H and O–H groups in total. The second-order valence-corrected chi connectivity index (χ2v) is 9.33. The van der Waals surface area contributed by atoms with E-state index in [2.05, 4.69) is 43.8 Å². The summed E-state index contributed by atoms with van der Waals surface area (Å²) in [5.41, 5.74) is 4.55. The standard InChI is InChI=1S/C30H35F/c1-3-5-6-26-17-18-28-21-27(19-20-29(28)30(26)31)25-15-13-24(14-16-25)12-11-23-9-7-22(4-2)8-10-23/h3,13-23H,1,4-12H2,2H3. The summed E-state index contributed by atoms with van der Waals surface area (Å²) < 4.78 is 14.8. The molecule has 0 atom stereocenters. The van der Waals surface area contributed by atoms with Gasteiger partial charge in [-0.25, -0.2) is 4.39 Å². The van der Waals surface area contributed by atoms with Gasteiger partial charge in [0.15, 0.2) is 0 Å². The van der Waals surface area contributed by atoms with Crippen molar-refractivity contribution in [2.75, 3.05) is 0 Å². The molecule has 1 heteroatoms. The van der Waals surface area contributed by atoms with Gasteiger partial charge in [0.05, 0.1) is 0 Å². The monoisotopic (exact) mass is 414 g/mol. The highest BCUT2D eigenvalue weighted by molar-refractivity contribution is 5.88. The average Bonchev–Trinajstić information content (AvgIpc) is 2.83. The maximum atomic E-state index is 14.8. The molecule has 0 saturated heterocycles. The van der Waals surface area contributed by atoms with Gasteiger partial charge in [-0.3, -0.25) is 0 Å². The summed E-state index contributed by atoms with van der Waals surface area (Å²) in [5, 5.41) is 1.67. The number of hydrogen-bond donors (Lipinski definition) is 0. The van der Waals surface area contributed by atoms with Gasteiger partial charge < -0.3 is 0 Å². The van der Waals surface area contributed by atoms with Gasteiger partial charge in [-0.2, -0.15) is 0 Å². The molecule has 0 bridgehead atoms. The molecule has 0 aromatic heterocycles. The first-order valence-electron chi connectivity index (χ1n) is 12.1. The molecule has 0 unspecified atom stereocenters. The highest BCUT2D eigenvalue weighted by Crippen LogP contribution is 2.33. The van der Waals surface area contributed by atoms with E-state index in [1.807, 2.05) is 30.3 Å². The maximum absolute atomic E-state index is 14.8. The van der Waals surface area contributed by atoms with Crippen molar-refractivity contribution in [2.45, 2.75) is 64.7 Å². The van der Waals surface area contributed by atoms with Gasteiger partial charge in [-0.15, -0.1) is 6.58 Å². The smallest absolute Gasteiger partial charge is 0.134 e. The van der Waals surface area contributed by atoms with Crippen LogP contribution in [0, 0.1) is 17.7 Å². The van der Waals surface area contributed by atoms with Crippen molar-refractivity contribution in [3.63, 3.8) is 0 Å². The Kier molecular flexibility index (Phi) is 7.22. The molecule has 0 radical (unpaired) electrons. The Bertz CT molecular complexity index is 1010. The van der Waals surface area contributed by atoms with Gasteiger partial charge in [-0.05, 0) is 71.2 Å². The Labute approximate surface area is 187 Å². The van der Waals surface area contributed by atoms with E-state index >= 15 is 0 Å². The lowest BCUT2D eigenvalue weighted by atomic mass is 9.78. The lowest BCUT2D eigenvalue weighted by Gasteiger charge is -2.27. The number of fused-ring (bicyclic) bond motifs is 1. The lowest BCUT2D eigenvalue weighted by molar-refractivity contribution is 0.259. The van der Waals surface area contributed by atoms with Crippen molar-refractivity contribution in [1.82, 2.24) is 0 Å². The molecule has 3 aromatic rings. The van der Waals surface area contributed by atoms with Crippen molar-refractivity contribution < 1.29 is 4.39 Å². The van der Waals surface area contributed by atoms with Crippen LogP contribution in [0.25, 0.3) is 21.9 Å². The highest BCUT2D eigenvalue weighted by atomic mass is 19.1. The zero-order valence-corrected chi connectivity index (χ0v) is 18.9. The molecule has 1 fully saturated rings. The van der Waals surface area contributed by atoms with E-state index < -0.39 is 0 Å². The Balaban J connectivity index is 1.42. The molecular formula is C30H35F. The Morgan fingerprint density at radius 3 is 2.29 bits per heavy atom.